The van der Waals surface area contributed by atoms with Crippen LogP contribution in [0.3, 0.4) is 0 Å². The Morgan fingerprint density at radius 3 is 2.43 bits per heavy atom. The predicted molar refractivity (Wildman–Crippen MR) is 82.3 cm³/mol. The Balaban J connectivity index is 0.00000220. The van der Waals surface area contributed by atoms with E-state index in [0.717, 1.165) is 19.3 Å². The van der Waals surface area contributed by atoms with Gasteiger partial charge in [-0.2, -0.15) is 0 Å². The molecule has 5 N–H and O–H groups in total. The van der Waals surface area contributed by atoms with Gasteiger partial charge in [0.25, 0.3) is 5.91 Å². The lowest BCUT2D eigenvalue weighted by Gasteiger charge is -2.11. The molecule has 1 aliphatic carbocycles. The van der Waals surface area contributed by atoms with Crippen molar-refractivity contribution in [2.24, 2.45) is 17.4 Å². The van der Waals surface area contributed by atoms with Gasteiger partial charge in [-0.05, 0) is 43.5 Å². The number of amides is 2. The molecule has 1 saturated carbocycles. The van der Waals surface area contributed by atoms with Crippen LogP contribution in [0.5, 0.6) is 5.75 Å². The molecule has 2 unspecified atom stereocenters. The standard InChI is InChI=1S/C14H19N3O3.ClH/c15-10-2-1-9(7-10)14(19)17-11-3-5-12(6-4-11)20-8-13(16)18;/h3-6,9-10H,1-2,7-8,15H2,(H2,16,18)(H,17,19);1H. The highest BCUT2D eigenvalue weighted by Crippen LogP contribution is 2.25. The first kappa shape index (κ1) is 17.3. The number of hydrogen-bond donors (Lipinski definition) is 3. The first-order valence-electron chi connectivity index (χ1n) is 6.62. The fourth-order valence-corrected chi connectivity index (χ4v) is 2.29. The average molecular weight is 314 g/mol. The zero-order valence-corrected chi connectivity index (χ0v) is 12.4. The molecule has 2 amide bonds. The fraction of sp³-hybridized carbons (Fsp3) is 0.429. The smallest absolute Gasteiger partial charge is 0.255 e. The largest absolute Gasteiger partial charge is 0.484 e. The second-order valence-electron chi connectivity index (χ2n) is 5.04. The third kappa shape index (κ3) is 5.24. The zero-order chi connectivity index (χ0) is 14.5. The van der Waals surface area contributed by atoms with Crippen LogP contribution in [0.4, 0.5) is 5.69 Å². The van der Waals surface area contributed by atoms with Gasteiger partial charge >= 0.3 is 0 Å². The van der Waals surface area contributed by atoms with E-state index in [0.29, 0.717) is 11.4 Å². The minimum atomic E-state index is -0.528. The van der Waals surface area contributed by atoms with Gasteiger partial charge in [0.2, 0.25) is 5.91 Å². The molecule has 2 rings (SSSR count). The monoisotopic (exact) mass is 313 g/mol. The molecule has 0 heterocycles. The van der Waals surface area contributed by atoms with Crippen LogP contribution in [-0.4, -0.2) is 24.5 Å². The molecule has 0 aliphatic heterocycles. The van der Waals surface area contributed by atoms with E-state index in [2.05, 4.69) is 5.32 Å². The Bertz CT molecular complexity index is 493. The Labute approximate surface area is 129 Å². The summed E-state index contributed by atoms with van der Waals surface area (Å²) in [5.41, 5.74) is 11.5. The number of nitrogens with two attached hydrogens (primary N) is 2. The molecular weight excluding hydrogens is 294 g/mol. The molecule has 0 aromatic heterocycles. The van der Waals surface area contributed by atoms with Crippen molar-refractivity contribution in [1.29, 1.82) is 0 Å². The summed E-state index contributed by atoms with van der Waals surface area (Å²) in [5, 5.41) is 2.85. The van der Waals surface area contributed by atoms with Gasteiger partial charge in [0.15, 0.2) is 6.61 Å². The summed E-state index contributed by atoms with van der Waals surface area (Å²) >= 11 is 0. The second-order valence-corrected chi connectivity index (χ2v) is 5.04. The maximum absolute atomic E-state index is 12.0. The number of nitrogens with one attached hydrogen (secondary N) is 1. The molecule has 0 saturated heterocycles. The molecule has 0 radical (unpaired) electrons. The highest BCUT2D eigenvalue weighted by Gasteiger charge is 2.27. The summed E-state index contributed by atoms with van der Waals surface area (Å²) in [4.78, 5) is 22.6. The minimum absolute atomic E-state index is 0. The summed E-state index contributed by atoms with van der Waals surface area (Å²) in [6.07, 6.45) is 2.48. The van der Waals surface area contributed by atoms with Gasteiger partial charge in [0, 0.05) is 17.6 Å². The number of primary amides is 1. The van der Waals surface area contributed by atoms with Crippen LogP contribution in [-0.2, 0) is 9.59 Å². The van der Waals surface area contributed by atoms with Gasteiger partial charge in [-0.3, -0.25) is 9.59 Å². The number of halogens is 1. The second kappa shape index (κ2) is 7.85. The van der Waals surface area contributed by atoms with Gasteiger partial charge < -0.3 is 21.5 Å². The van der Waals surface area contributed by atoms with Crippen molar-refractivity contribution >= 4 is 29.9 Å². The first-order chi connectivity index (χ1) is 9.54. The maximum atomic E-state index is 12.0. The summed E-state index contributed by atoms with van der Waals surface area (Å²) in [7, 11) is 0. The zero-order valence-electron chi connectivity index (χ0n) is 11.6. The summed E-state index contributed by atoms with van der Waals surface area (Å²) in [6, 6.07) is 6.94. The van der Waals surface area contributed by atoms with E-state index in [9.17, 15) is 9.59 Å². The van der Waals surface area contributed by atoms with Crippen molar-refractivity contribution in [3.8, 4) is 5.75 Å². The third-order valence-electron chi connectivity index (χ3n) is 3.35. The molecule has 0 spiro atoms. The van der Waals surface area contributed by atoms with Gasteiger partial charge in [-0.25, -0.2) is 0 Å². The topological polar surface area (TPSA) is 107 Å². The molecule has 1 fully saturated rings. The molecule has 21 heavy (non-hydrogen) atoms. The quantitative estimate of drug-likeness (QED) is 0.754. The van der Waals surface area contributed by atoms with Crippen LogP contribution >= 0.6 is 12.4 Å². The molecule has 116 valence electrons. The van der Waals surface area contributed by atoms with E-state index in [1.807, 2.05) is 0 Å². The van der Waals surface area contributed by atoms with Crippen molar-refractivity contribution in [3.05, 3.63) is 24.3 Å². The van der Waals surface area contributed by atoms with E-state index in [1.54, 1.807) is 24.3 Å². The van der Waals surface area contributed by atoms with Gasteiger partial charge in [-0.15, -0.1) is 12.4 Å². The van der Waals surface area contributed by atoms with E-state index in [1.165, 1.54) is 0 Å². The van der Waals surface area contributed by atoms with Gasteiger partial charge in [0.05, 0.1) is 0 Å². The molecule has 1 aromatic rings. The van der Waals surface area contributed by atoms with Crippen LogP contribution in [0.15, 0.2) is 24.3 Å². The Morgan fingerprint density at radius 2 is 1.90 bits per heavy atom. The SMILES string of the molecule is Cl.NC(=O)COc1ccc(NC(=O)C2CCC(N)C2)cc1. The first-order valence-corrected chi connectivity index (χ1v) is 6.62. The lowest BCUT2D eigenvalue weighted by molar-refractivity contribution is -0.120. The normalized spacial score (nSPS) is 20.4. The number of benzene rings is 1. The molecule has 0 bridgehead atoms. The van der Waals surface area contributed by atoms with Crippen LogP contribution in [0, 0.1) is 5.92 Å². The number of carbonyl (C=O) groups is 2. The van der Waals surface area contributed by atoms with E-state index < -0.39 is 5.91 Å². The van der Waals surface area contributed by atoms with E-state index >= 15 is 0 Å². The summed E-state index contributed by atoms with van der Waals surface area (Å²) in [6.45, 7) is -0.161. The number of anilines is 1. The lowest BCUT2D eigenvalue weighted by Crippen LogP contribution is -2.23. The number of ether oxygens (including phenoxy) is 1. The summed E-state index contributed by atoms with van der Waals surface area (Å²) < 4.78 is 5.14. The molecule has 7 heteroatoms. The third-order valence-corrected chi connectivity index (χ3v) is 3.35. The van der Waals surface area contributed by atoms with Crippen molar-refractivity contribution < 1.29 is 14.3 Å². The molecular formula is C14H20ClN3O3. The van der Waals surface area contributed by atoms with Gasteiger partial charge in [0.1, 0.15) is 5.75 Å². The summed E-state index contributed by atoms with van der Waals surface area (Å²) in [5.74, 6) is 0.00387. The number of hydrogen-bond acceptors (Lipinski definition) is 4. The minimum Gasteiger partial charge on any atom is -0.484 e. The predicted octanol–water partition coefficient (Wildman–Crippen LogP) is 1.04. The lowest BCUT2D eigenvalue weighted by atomic mass is 10.1. The van der Waals surface area contributed by atoms with Crippen molar-refractivity contribution in [2.45, 2.75) is 25.3 Å². The Morgan fingerprint density at radius 1 is 1.24 bits per heavy atom. The van der Waals surface area contributed by atoms with Gasteiger partial charge in [-0.1, -0.05) is 0 Å². The molecule has 6 nitrogen and oxygen atoms in total. The number of rotatable bonds is 5. The molecule has 1 aliphatic rings. The Hall–Kier alpha value is -1.79. The van der Waals surface area contributed by atoms with Crippen molar-refractivity contribution in [3.63, 3.8) is 0 Å². The van der Waals surface area contributed by atoms with Crippen LogP contribution in [0.25, 0.3) is 0 Å². The Kier molecular flexibility index (Phi) is 6.45. The van der Waals surface area contributed by atoms with Crippen molar-refractivity contribution in [1.82, 2.24) is 0 Å². The van der Waals surface area contributed by atoms with Crippen LogP contribution in [0.1, 0.15) is 19.3 Å². The highest BCUT2D eigenvalue weighted by atomic mass is 35.5. The molecule has 1 aromatic carbocycles. The van der Waals surface area contributed by atoms with E-state index in [-0.39, 0.29) is 36.9 Å². The van der Waals surface area contributed by atoms with Crippen molar-refractivity contribution in [2.75, 3.05) is 11.9 Å². The molecule has 2 atom stereocenters. The van der Waals surface area contributed by atoms with Crippen LogP contribution in [0.2, 0.25) is 0 Å². The van der Waals surface area contributed by atoms with E-state index in [4.69, 9.17) is 16.2 Å². The van der Waals surface area contributed by atoms with Crippen LogP contribution < -0.4 is 21.5 Å². The maximum Gasteiger partial charge on any atom is 0.255 e. The highest BCUT2D eigenvalue weighted by molar-refractivity contribution is 5.92. The average Bonchev–Trinajstić information content (AvgIpc) is 2.85. The number of carbonyl (C=O) groups excluding carboxylic acids is 2. The fourth-order valence-electron chi connectivity index (χ4n) is 2.29.